The Labute approximate surface area is 173 Å². The van der Waals surface area contributed by atoms with Crippen LogP contribution in [0, 0.1) is 5.82 Å². The lowest BCUT2D eigenvalue weighted by atomic mass is 9.95. The molecule has 0 saturated carbocycles. The predicted octanol–water partition coefficient (Wildman–Crippen LogP) is 5.11. The lowest BCUT2D eigenvalue weighted by Crippen LogP contribution is -2.40. The number of nitrogens with one attached hydrogen (secondary N) is 1. The second kappa shape index (κ2) is 9.51. The molecule has 2 aromatic carbocycles. The van der Waals surface area contributed by atoms with Gasteiger partial charge in [-0.1, -0.05) is 24.3 Å². The molecule has 1 amide bonds. The Balaban J connectivity index is 2.29. The molecule has 0 aliphatic carbocycles. The Hall–Kier alpha value is -2.88. The maximum absolute atomic E-state index is 13.1. The van der Waals surface area contributed by atoms with Crippen molar-refractivity contribution in [2.45, 2.75) is 37.8 Å². The summed E-state index contributed by atoms with van der Waals surface area (Å²) in [7, 11) is 0. The zero-order valence-electron chi connectivity index (χ0n) is 16.1. The van der Waals surface area contributed by atoms with Crippen LogP contribution in [0.3, 0.4) is 0 Å². The number of hydrogen-bond donors (Lipinski definition) is 2. The van der Waals surface area contributed by atoms with E-state index in [4.69, 9.17) is 0 Å². The average Bonchev–Trinajstić information content (AvgIpc) is 2.66. The van der Waals surface area contributed by atoms with Crippen molar-refractivity contribution in [3.05, 3.63) is 82.7 Å². The monoisotopic (exact) mass is 449 g/mol. The largest absolute Gasteiger partial charge is 0.416 e. The number of hydrogen-bond acceptors (Lipinski definition) is 2. The third-order valence-electron chi connectivity index (χ3n) is 4.45. The van der Waals surface area contributed by atoms with Gasteiger partial charge < -0.3 is 10.4 Å². The highest BCUT2D eigenvalue weighted by Crippen LogP contribution is 2.30. The van der Waals surface area contributed by atoms with Crippen molar-refractivity contribution in [1.29, 1.82) is 0 Å². The second-order valence-corrected chi connectivity index (χ2v) is 6.84. The number of allylic oxidation sites excluding steroid dienone is 1. The molecule has 2 unspecified atom stereocenters. The van der Waals surface area contributed by atoms with Crippen molar-refractivity contribution in [3.8, 4) is 0 Å². The topological polar surface area (TPSA) is 49.3 Å². The molecular weight excluding hydrogens is 431 g/mol. The third kappa shape index (κ3) is 7.09. The molecule has 2 atom stereocenters. The maximum Gasteiger partial charge on any atom is 0.416 e. The van der Waals surface area contributed by atoms with Crippen LogP contribution in [0.2, 0.25) is 0 Å². The number of benzene rings is 2. The molecule has 0 radical (unpaired) electrons. The van der Waals surface area contributed by atoms with Crippen molar-refractivity contribution in [2.75, 3.05) is 0 Å². The van der Waals surface area contributed by atoms with Crippen LogP contribution in [0.5, 0.6) is 0 Å². The number of carbonyl (C=O) groups excluding carboxylic acids is 1. The van der Waals surface area contributed by atoms with Crippen LogP contribution in [0.1, 0.15) is 29.7 Å². The van der Waals surface area contributed by atoms with Crippen molar-refractivity contribution in [3.63, 3.8) is 0 Å². The van der Waals surface area contributed by atoms with Crippen LogP contribution < -0.4 is 5.32 Å². The summed E-state index contributed by atoms with van der Waals surface area (Å²) in [5.74, 6) is -1.74. The highest BCUT2D eigenvalue weighted by atomic mass is 19.4. The number of aliphatic hydroxyl groups excluding tert-OH is 1. The lowest BCUT2D eigenvalue weighted by molar-refractivity contribution is -0.137. The fraction of sp³-hybridized carbons (Fsp3) is 0.286. The Bertz CT molecular complexity index is 917. The molecule has 0 fully saturated rings. The van der Waals surface area contributed by atoms with Gasteiger partial charge in [0.1, 0.15) is 5.82 Å². The summed E-state index contributed by atoms with van der Waals surface area (Å²) in [6, 6.07) is 7.23. The zero-order valence-corrected chi connectivity index (χ0v) is 16.1. The lowest BCUT2D eigenvalue weighted by Gasteiger charge is -2.25. The van der Waals surface area contributed by atoms with Crippen LogP contribution in [0.15, 0.2) is 60.2 Å². The molecule has 0 spiro atoms. The molecule has 0 heterocycles. The minimum atomic E-state index is -4.73. The normalized spacial score (nSPS) is 14.8. The number of aliphatic hydroxyl groups is 1. The van der Waals surface area contributed by atoms with Gasteiger partial charge in [0, 0.05) is 11.6 Å². The van der Waals surface area contributed by atoms with Crippen molar-refractivity contribution in [2.24, 2.45) is 0 Å². The first-order valence-corrected chi connectivity index (χ1v) is 8.93. The molecule has 3 nitrogen and oxygen atoms in total. The van der Waals surface area contributed by atoms with Gasteiger partial charge in [0.25, 0.3) is 0 Å². The van der Waals surface area contributed by atoms with E-state index in [0.717, 1.165) is 36.4 Å². The molecule has 10 heteroatoms. The molecule has 168 valence electrons. The Morgan fingerprint density at radius 1 is 1.00 bits per heavy atom. The summed E-state index contributed by atoms with van der Waals surface area (Å²) in [5.41, 5.74) is -1.62. The standard InChI is InChI=1S/C21H18F7NO2/c1-12(20(23,24)25)10-18(30)29-17(19(31)14-4-8-16(22)9-5-14)11-13-2-6-15(7-3-13)21(26,27)28/h2-10,17,19,31H,11H2,1H3,(H,29,30). The van der Waals surface area contributed by atoms with E-state index in [1.54, 1.807) is 0 Å². The van der Waals surface area contributed by atoms with E-state index in [9.17, 15) is 40.6 Å². The number of rotatable bonds is 6. The van der Waals surface area contributed by atoms with Gasteiger partial charge in [-0.15, -0.1) is 0 Å². The summed E-state index contributed by atoms with van der Waals surface area (Å²) in [6.45, 7) is 0.695. The van der Waals surface area contributed by atoms with Gasteiger partial charge in [0.2, 0.25) is 5.91 Å². The number of alkyl halides is 6. The number of amides is 1. The molecule has 0 aromatic heterocycles. The summed E-state index contributed by atoms with van der Waals surface area (Å²) < 4.78 is 89.3. The van der Waals surface area contributed by atoms with Crippen LogP contribution >= 0.6 is 0 Å². The minimum Gasteiger partial charge on any atom is -0.386 e. The summed E-state index contributed by atoms with van der Waals surface area (Å²) in [6.07, 6.45) is -10.6. The molecule has 2 N–H and O–H groups in total. The highest BCUT2D eigenvalue weighted by Gasteiger charge is 2.32. The summed E-state index contributed by atoms with van der Waals surface area (Å²) in [4.78, 5) is 12.1. The highest BCUT2D eigenvalue weighted by molar-refractivity contribution is 5.88. The van der Waals surface area contributed by atoms with E-state index in [2.05, 4.69) is 5.32 Å². The quantitative estimate of drug-likeness (QED) is 0.476. The molecule has 2 aromatic rings. The SMILES string of the molecule is CC(=CC(=O)NC(Cc1ccc(C(F)(F)F)cc1)C(O)c1ccc(F)cc1)C(F)(F)F. The molecule has 0 saturated heterocycles. The van der Waals surface area contributed by atoms with Crippen molar-refractivity contribution >= 4 is 5.91 Å². The van der Waals surface area contributed by atoms with Gasteiger partial charge in [-0.05, 0) is 48.7 Å². The van der Waals surface area contributed by atoms with Gasteiger partial charge in [-0.3, -0.25) is 4.79 Å². The smallest absolute Gasteiger partial charge is 0.386 e. The average molecular weight is 449 g/mol. The van der Waals surface area contributed by atoms with Crippen LogP contribution in [-0.4, -0.2) is 23.2 Å². The second-order valence-electron chi connectivity index (χ2n) is 6.84. The fourth-order valence-corrected chi connectivity index (χ4v) is 2.72. The Morgan fingerprint density at radius 2 is 1.55 bits per heavy atom. The van der Waals surface area contributed by atoms with E-state index in [1.807, 2.05) is 0 Å². The van der Waals surface area contributed by atoms with Gasteiger partial charge in [0.05, 0.1) is 17.7 Å². The van der Waals surface area contributed by atoms with Gasteiger partial charge in [0.15, 0.2) is 0 Å². The number of halogens is 7. The first kappa shape index (κ1) is 24.4. The van der Waals surface area contributed by atoms with Crippen LogP contribution in [0.25, 0.3) is 0 Å². The first-order valence-electron chi connectivity index (χ1n) is 8.93. The summed E-state index contributed by atoms with van der Waals surface area (Å²) in [5, 5.41) is 12.8. The van der Waals surface area contributed by atoms with E-state index >= 15 is 0 Å². The maximum atomic E-state index is 13.1. The molecular formula is C21H18F7NO2. The van der Waals surface area contributed by atoms with E-state index in [1.165, 1.54) is 12.1 Å². The zero-order chi connectivity index (χ0) is 23.4. The van der Waals surface area contributed by atoms with Gasteiger partial charge >= 0.3 is 12.4 Å². The molecule has 0 aliphatic rings. The van der Waals surface area contributed by atoms with Gasteiger partial charge in [-0.25, -0.2) is 4.39 Å². The van der Waals surface area contributed by atoms with Crippen molar-refractivity contribution < 1.29 is 40.6 Å². The van der Waals surface area contributed by atoms with Gasteiger partial charge in [-0.2, -0.15) is 26.3 Å². The number of carbonyl (C=O) groups is 1. The van der Waals surface area contributed by atoms with E-state index in [0.29, 0.717) is 13.0 Å². The fourth-order valence-electron chi connectivity index (χ4n) is 2.72. The Kier molecular flexibility index (Phi) is 7.48. The predicted molar refractivity (Wildman–Crippen MR) is 98.3 cm³/mol. The minimum absolute atomic E-state index is 0.162. The van der Waals surface area contributed by atoms with E-state index < -0.39 is 47.4 Å². The summed E-state index contributed by atoms with van der Waals surface area (Å²) >= 11 is 0. The molecule has 2 rings (SSSR count). The molecule has 31 heavy (non-hydrogen) atoms. The molecule has 0 aliphatic heterocycles. The van der Waals surface area contributed by atoms with E-state index in [-0.39, 0.29) is 17.5 Å². The Morgan fingerprint density at radius 3 is 2.03 bits per heavy atom. The molecule has 0 bridgehead atoms. The van der Waals surface area contributed by atoms with Crippen molar-refractivity contribution in [1.82, 2.24) is 5.32 Å². The third-order valence-corrected chi connectivity index (χ3v) is 4.45. The van der Waals surface area contributed by atoms with Crippen LogP contribution in [-0.2, 0) is 17.4 Å². The first-order chi connectivity index (χ1) is 14.3. The van der Waals surface area contributed by atoms with Crippen LogP contribution in [0.4, 0.5) is 30.7 Å².